The molecule has 2 nitrogen and oxygen atoms in total. The molecule has 0 amide bonds. The Balaban J connectivity index is 1.05. The number of aromatic nitrogens is 2. The van der Waals surface area contributed by atoms with Crippen molar-refractivity contribution in [1.82, 2.24) is 9.97 Å². The van der Waals surface area contributed by atoms with Gasteiger partial charge in [0.1, 0.15) is 8.07 Å². The Labute approximate surface area is 321 Å². The Morgan fingerprint density at radius 1 is 0.345 bits per heavy atom. The maximum atomic E-state index is 5.48. The van der Waals surface area contributed by atoms with Crippen molar-refractivity contribution < 1.29 is 0 Å². The number of fused-ring (bicyclic) bond motifs is 11. The van der Waals surface area contributed by atoms with Gasteiger partial charge in [-0.1, -0.05) is 177 Å². The third-order valence-electron chi connectivity index (χ3n) is 11.8. The van der Waals surface area contributed by atoms with Crippen molar-refractivity contribution in [2.24, 2.45) is 0 Å². The molecule has 0 spiro atoms. The molecule has 10 aromatic rings. The monoisotopic (exact) mass is 716 g/mol. The summed E-state index contributed by atoms with van der Waals surface area (Å²) in [5, 5.41) is 11.7. The van der Waals surface area contributed by atoms with Crippen LogP contribution in [0.1, 0.15) is 0 Å². The summed E-state index contributed by atoms with van der Waals surface area (Å²) in [5.74, 6) is 0.757. The van der Waals surface area contributed by atoms with Crippen LogP contribution in [0.2, 0.25) is 13.1 Å². The van der Waals surface area contributed by atoms with E-state index in [9.17, 15) is 0 Å². The Morgan fingerprint density at radius 2 is 0.855 bits per heavy atom. The van der Waals surface area contributed by atoms with Gasteiger partial charge in [-0.25, -0.2) is 9.97 Å². The van der Waals surface area contributed by atoms with Gasteiger partial charge in [-0.3, -0.25) is 0 Å². The van der Waals surface area contributed by atoms with Crippen LogP contribution in [0.25, 0.3) is 99.2 Å². The molecule has 1 aliphatic heterocycles. The lowest BCUT2D eigenvalue weighted by Crippen LogP contribution is -2.49. The van der Waals surface area contributed by atoms with Gasteiger partial charge in [0.15, 0.2) is 5.82 Å². The fraction of sp³-hybridized carbons (Fsp3) is 0.0385. The van der Waals surface area contributed by atoms with Crippen LogP contribution in [-0.2, 0) is 0 Å². The topological polar surface area (TPSA) is 25.8 Å². The summed E-state index contributed by atoms with van der Waals surface area (Å²) in [4.78, 5) is 10.8. The summed E-state index contributed by atoms with van der Waals surface area (Å²) < 4.78 is 0. The van der Waals surface area contributed by atoms with E-state index in [1.807, 2.05) is 0 Å². The lowest BCUT2D eigenvalue weighted by atomic mass is 9.91. The highest BCUT2D eigenvalue weighted by atomic mass is 28.3. The van der Waals surface area contributed by atoms with E-state index >= 15 is 0 Å². The average molecular weight is 717 g/mol. The van der Waals surface area contributed by atoms with Crippen LogP contribution in [0, 0.1) is 0 Å². The number of hydrogen-bond donors (Lipinski definition) is 0. The molecule has 0 bridgehead atoms. The highest BCUT2D eigenvalue weighted by Gasteiger charge is 2.39. The molecule has 0 N–H and O–H groups in total. The first kappa shape index (κ1) is 31.8. The Morgan fingerprint density at radius 3 is 1.55 bits per heavy atom. The van der Waals surface area contributed by atoms with Crippen molar-refractivity contribution in [2.75, 3.05) is 0 Å². The van der Waals surface area contributed by atoms with Crippen molar-refractivity contribution in [3.8, 4) is 56.0 Å². The van der Waals surface area contributed by atoms with E-state index in [4.69, 9.17) is 9.97 Å². The molecule has 9 aromatic carbocycles. The zero-order chi connectivity index (χ0) is 36.7. The van der Waals surface area contributed by atoms with Gasteiger partial charge in [-0.15, -0.1) is 0 Å². The van der Waals surface area contributed by atoms with Crippen molar-refractivity contribution in [2.45, 2.75) is 13.1 Å². The van der Waals surface area contributed by atoms with Gasteiger partial charge in [0, 0.05) is 16.5 Å². The van der Waals surface area contributed by atoms with E-state index in [0.717, 1.165) is 44.7 Å². The summed E-state index contributed by atoms with van der Waals surface area (Å²) in [5.41, 5.74) is 11.6. The minimum atomic E-state index is -2.03. The van der Waals surface area contributed by atoms with Gasteiger partial charge >= 0.3 is 0 Å². The van der Waals surface area contributed by atoms with Gasteiger partial charge in [0.2, 0.25) is 0 Å². The average Bonchev–Trinajstić information content (AvgIpc) is 3.49. The predicted octanol–water partition coefficient (Wildman–Crippen LogP) is 12.6. The fourth-order valence-electron chi connectivity index (χ4n) is 9.20. The summed E-state index contributed by atoms with van der Waals surface area (Å²) in [6.07, 6.45) is 0. The van der Waals surface area contributed by atoms with E-state index in [1.165, 1.54) is 64.9 Å². The van der Waals surface area contributed by atoms with Crippen LogP contribution in [-0.4, -0.2) is 18.0 Å². The van der Waals surface area contributed by atoms with E-state index in [-0.39, 0.29) is 0 Å². The smallest absolute Gasteiger partial charge is 0.160 e. The van der Waals surface area contributed by atoms with E-state index in [0.29, 0.717) is 0 Å². The van der Waals surface area contributed by atoms with Crippen molar-refractivity contribution in [3.63, 3.8) is 0 Å². The predicted molar refractivity (Wildman–Crippen MR) is 236 cm³/mol. The van der Waals surface area contributed by atoms with Gasteiger partial charge in [-0.05, 0) is 94.3 Å². The normalized spacial score (nSPS) is 13.1. The largest absolute Gasteiger partial charge is 0.228 e. The molecular weight excluding hydrogens is 681 g/mol. The van der Waals surface area contributed by atoms with Crippen molar-refractivity contribution in [1.29, 1.82) is 0 Å². The molecule has 0 fully saturated rings. The van der Waals surface area contributed by atoms with Crippen LogP contribution < -0.4 is 10.4 Å². The van der Waals surface area contributed by atoms with E-state index in [2.05, 4.69) is 195 Å². The number of rotatable bonds is 4. The molecule has 0 aliphatic carbocycles. The third kappa shape index (κ3) is 4.94. The zero-order valence-corrected chi connectivity index (χ0v) is 31.7. The molecule has 258 valence electrons. The lowest BCUT2D eigenvalue weighted by molar-refractivity contribution is 1.23. The molecule has 11 rings (SSSR count). The molecular formula is C52H36N2Si. The lowest BCUT2D eigenvalue weighted by Gasteiger charge is -2.21. The molecule has 0 unspecified atom stereocenters. The van der Waals surface area contributed by atoms with Gasteiger partial charge in [0.05, 0.1) is 11.2 Å². The SMILES string of the molecule is C[Si]1(C)c2ccccc2-c2ccc3c(-c4ccccc4)nc(-c4cccc(-c5cccc(-c6ccc7c8ccccc8c8ccccc8c7c6)c5)c4)nc3c21. The first-order valence-electron chi connectivity index (χ1n) is 19.1. The second kappa shape index (κ2) is 12.2. The molecule has 1 aliphatic rings. The minimum absolute atomic E-state index is 0.757. The highest BCUT2D eigenvalue weighted by Crippen LogP contribution is 2.39. The second-order valence-electron chi connectivity index (χ2n) is 15.3. The zero-order valence-electron chi connectivity index (χ0n) is 30.7. The Hall–Kier alpha value is -6.68. The maximum absolute atomic E-state index is 5.48. The minimum Gasteiger partial charge on any atom is -0.228 e. The molecule has 0 saturated heterocycles. The van der Waals surface area contributed by atoms with Crippen LogP contribution in [0.5, 0.6) is 0 Å². The van der Waals surface area contributed by atoms with Gasteiger partial charge in [-0.2, -0.15) is 0 Å². The second-order valence-corrected chi connectivity index (χ2v) is 19.6. The standard InChI is InChI=1S/C52H36N2Si/c1-55(2)48-25-11-10-24-44(48)45-28-29-46-49(33-14-4-3-5-15-33)53-52(54-50(46)51(45)55)38-19-13-18-36(31-38)34-16-12-17-35(30-34)37-26-27-43-41-22-7-6-20-39(41)40-21-8-9-23-42(40)47(43)32-37/h3-32H,1-2H3. The molecule has 55 heavy (non-hydrogen) atoms. The molecule has 2 heterocycles. The van der Waals surface area contributed by atoms with Crippen molar-refractivity contribution >= 4 is 61.7 Å². The van der Waals surface area contributed by atoms with Crippen LogP contribution >= 0.6 is 0 Å². The summed E-state index contributed by atoms with van der Waals surface area (Å²) in [6, 6.07) is 66.3. The van der Waals surface area contributed by atoms with Crippen molar-refractivity contribution in [3.05, 3.63) is 182 Å². The first-order valence-corrected chi connectivity index (χ1v) is 22.1. The summed E-state index contributed by atoms with van der Waals surface area (Å²) >= 11 is 0. The molecule has 0 saturated carbocycles. The van der Waals surface area contributed by atoms with Gasteiger partial charge < -0.3 is 0 Å². The first-order chi connectivity index (χ1) is 27.0. The number of benzene rings is 9. The Kier molecular flexibility index (Phi) is 7.04. The van der Waals surface area contributed by atoms with Crippen LogP contribution in [0.4, 0.5) is 0 Å². The fourth-order valence-corrected chi connectivity index (χ4v) is 12.5. The Bertz CT molecular complexity index is 3150. The number of nitrogens with zero attached hydrogens (tertiary/aromatic N) is 2. The van der Waals surface area contributed by atoms with E-state index < -0.39 is 8.07 Å². The molecule has 1 aromatic heterocycles. The van der Waals surface area contributed by atoms with Crippen LogP contribution in [0.15, 0.2) is 182 Å². The molecule has 0 radical (unpaired) electrons. The van der Waals surface area contributed by atoms with E-state index in [1.54, 1.807) is 0 Å². The third-order valence-corrected chi connectivity index (χ3v) is 15.4. The summed E-state index contributed by atoms with van der Waals surface area (Å²) in [6.45, 7) is 4.93. The van der Waals surface area contributed by atoms with Crippen LogP contribution in [0.3, 0.4) is 0 Å². The van der Waals surface area contributed by atoms with Gasteiger partial charge in [0.25, 0.3) is 0 Å². The summed E-state index contributed by atoms with van der Waals surface area (Å²) in [7, 11) is -2.03. The quantitative estimate of drug-likeness (QED) is 0.134. The number of hydrogen-bond acceptors (Lipinski definition) is 2. The highest BCUT2D eigenvalue weighted by molar-refractivity contribution is 7.05. The molecule has 3 heteroatoms. The maximum Gasteiger partial charge on any atom is 0.160 e. The molecule has 0 atom stereocenters.